The Morgan fingerprint density at radius 1 is 1.17 bits per heavy atom. The highest BCUT2D eigenvalue weighted by Gasteiger charge is 2.35. The van der Waals surface area contributed by atoms with Gasteiger partial charge in [-0.1, -0.05) is 61.0 Å². The van der Waals surface area contributed by atoms with Gasteiger partial charge >= 0.3 is 6.03 Å². The van der Waals surface area contributed by atoms with Gasteiger partial charge < -0.3 is 9.84 Å². The lowest BCUT2D eigenvalue weighted by atomic mass is 9.94. The summed E-state index contributed by atoms with van der Waals surface area (Å²) in [4.78, 5) is 19.1. The normalized spacial score (nSPS) is 16.7. The number of hydrogen-bond donors (Lipinski definition) is 1. The van der Waals surface area contributed by atoms with Crippen molar-refractivity contribution in [1.82, 2.24) is 20.4 Å². The molecule has 1 N–H and O–H groups in total. The van der Waals surface area contributed by atoms with Gasteiger partial charge in [-0.2, -0.15) is 4.98 Å². The molecule has 3 aromatic rings. The summed E-state index contributed by atoms with van der Waals surface area (Å²) in [5, 5.41) is 7.10. The number of amides is 2. The van der Waals surface area contributed by atoms with E-state index in [2.05, 4.69) is 22.4 Å². The average Bonchev–Trinajstić information content (AvgIpc) is 3.23. The monoisotopic (exact) mass is 406 g/mol. The Morgan fingerprint density at radius 3 is 2.70 bits per heavy atom. The summed E-state index contributed by atoms with van der Waals surface area (Å²) < 4.78 is 19.5. The van der Waals surface area contributed by atoms with Gasteiger partial charge in [-0.05, 0) is 31.0 Å². The van der Waals surface area contributed by atoms with Crippen molar-refractivity contribution >= 4 is 11.6 Å². The number of hydrogen-bond acceptors (Lipinski definition) is 4. The second-order valence-corrected chi connectivity index (χ2v) is 7.23. The number of rotatable bonds is 6. The smallest absolute Gasteiger partial charge is 0.322 e. The zero-order valence-electron chi connectivity index (χ0n) is 16.9. The molecule has 0 radical (unpaired) electrons. The Balaban J connectivity index is 1.81. The van der Waals surface area contributed by atoms with Crippen LogP contribution in [0.25, 0.3) is 17.0 Å². The third-order valence-electron chi connectivity index (χ3n) is 5.20. The molecule has 0 aliphatic carbocycles. The van der Waals surface area contributed by atoms with Gasteiger partial charge in [0.1, 0.15) is 5.82 Å². The van der Waals surface area contributed by atoms with Gasteiger partial charge in [-0.25, -0.2) is 9.18 Å². The number of urea groups is 1. The van der Waals surface area contributed by atoms with Crippen molar-refractivity contribution < 1.29 is 13.7 Å². The predicted molar refractivity (Wildman–Crippen MR) is 112 cm³/mol. The molecule has 1 atom stereocenters. The van der Waals surface area contributed by atoms with Gasteiger partial charge in [0.15, 0.2) is 0 Å². The first-order valence-electron chi connectivity index (χ1n) is 10.0. The van der Waals surface area contributed by atoms with Crippen LogP contribution in [0.5, 0.6) is 0 Å². The molecule has 0 saturated heterocycles. The lowest BCUT2D eigenvalue weighted by Crippen LogP contribution is -2.46. The molecule has 1 unspecified atom stereocenters. The number of nitrogens with zero attached hydrogens (tertiary/aromatic N) is 3. The van der Waals surface area contributed by atoms with Gasteiger partial charge in [0.05, 0.1) is 11.6 Å². The fourth-order valence-electron chi connectivity index (χ4n) is 3.62. The van der Waals surface area contributed by atoms with Crippen LogP contribution in [0, 0.1) is 5.82 Å². The summed E-state index contributed by atoms with van der Waals surface area (Å²) in [6, 6.07) is 14.9. The molecule has 4 rings (SSSR count). The molecule has 2 aromatic carbocycles. The van der Waals surface area contributed by atoms with Crippen molar-refractivity contribution in [2.75, 3.05) is 6.54 Å². The van der Waals surface area contributed by atoms with Crippen LogP contribution in [0.2, 0.25) is 0 Å². The van der Waals surface area contributed by atoms with Gasteiger partial charge in [0.2, 0.25) is 5.82 Å². The minimum atomic E-state index is -0.588. The summed E-state index contributed by atoms with van der Waals surface area (Å²) >= 11 is 0. The minimum Gasteiger partial charge on any atom is -0.334 e. The number of nitrogens with one attached hydrogen (secondary N) is 1. The summed E-state index contributed by atoms with van der Waals surface area (Å²) in [6.45, 7) is 4.51. The standard InChI is InChI=1S/C23H23FN4O2/c1-3-4-13-28-15(2)19(20(25-23(28)29)17-11-8-12-18(24)14-17)22-26-21(27-30-22)16-9-6-5-7-10-16/h5-12,14,20H,3-4,13H2,1-2H3,(H,25,29). The Kier molecular flexibility index (Phi) is 5.61. The molecule has 0 fully saturated rings. The Hall–Kier alpha value is -3.48. The number of benzene rings is 2. The van der Waals surface area contributed by atoms with Gasteiger partial charge in [0, 0.05) is 17.8 Å². The van der Waals surface area contributed by atoms with E-state index < -0.39 is 6.04 Å². The van der Waals surface area contributed by atoms with Crippen molar-refractivity contribution in [2.24, 2.45) is 0 Å². The largest absolute Gasteiger partial charge is 0.334 e. The number of carbonyl (C=O) groups excluding carboxylic acids is 1. The predicted octanol–water partition coefficient (Wildman–Crippen LogP) is 5.17. The van der Waals surface area contributed by atoms with Gasteiger partial charge in [-0.3, -0.25) is 4.90 Å². The number of allylic oxidation sites excluding steroid dienone is 1. The minimum absolute atomic E-state index is 0.221. The summed E-state index contributed by atoms with van der Waals surface area (Å²) in [5.74, 6) is 0.394. The molecule has 1 aliphatic rings. The quantitative estimate of drug-likeness (QED) is 0.613. The van der Waals surface area contributed by atoms with Crippen molar-refractivity contribution in [1.29, 1.82) is 0 Å². The van der Waals surface area contributed by atoms with Crippen molar-refractivity contribution in [3.63, 3.8) is 0 Å². The molecule has 7 heteroatoms. The van der Waals surface area contributed by atoms with E-state index in [4.69, 9.17) is 4.52 Å². The summed E-state index contributed by atoms with van der Waals surface area (Å²) in [7, 11) is 0. The molecule has 2 heterocycles. The molecular formula is C23H23FN4O2. The van der Waals surface area contributed by atoms with Crippen LogP contribution in [0.4, 0.5) is 9.18 Å². The maximum absolute atomic E-state index is 13.9. The fourth-order valence-corrected chi connectivity index (χ4v) is 3.62. The Morgan fingerprint density at radius 2 is 1.97 bits per heavy atom. The maximum atomic E-state index is 13.9. The Labute approximate surface area is 174 Å². The highest BCUT2D eigenvalue weighted by molar-refractivity contribution is 5.86. The average molecular weight is 406 g/mol. The lowest BCUT2D eigenvalue weighted by Gasteiger charge is -2.35. The molecule has 0 spiro atoms. The van der Waals surface area contributed by atoms with E-state index >= 15 is 0 Å². The van der Waals surface area contributed by atoms with Crippen LogP contribution < -0.4 is 5.32 Å². The van der Waals surface area contributed by atoms with E-state index in [0.29, 0.717) is 29.4 Å². The van der Waals surface area contributed by atoms with E-state index in [1.165, 1.54) is 12.1 Å². The second-order valence-electron chi connectivity index (χ2n) is 7.23. The molecule has 154 valence electrons. The molecule has 1 aromatic heterocycles. The van der Waals surface area contributed by atoms with Crippen LogP contribution in [-0.2, 0) is 0 Å². The van der Waals surface area contributed by atoms with E-state index in [9.17, 15) is 9.18 Å². The van der Waals surface area contributed by atoms with Gasteiger partial charge in [0.25, 0.3) is 5.89 Å². The topological polar surface area (TPSA) is 71.3 Å². The number of halogens is 1. The molecule has 2 amide bonds. The van der Waals surface area contributed by atoms with Crippen molar-refractivity contribution in [2.45, 2.75) is 32.7 Å². The van der Waals surface area contributed by atoms with Crippen LogP contribution >= 0.6 is 0 Å². The number of aromatic nitrogens is 2. The van der Waals surface area contributed by atoms with Crippen LogP contribution in [0.3, 0.4) is 0 Å². The Bertz CT molecular complexity index is 1080. The molecule has 30 heavy (non-hydrogen) atoms. The van der Waals surface area contributed by atoms with E-state index in [0.717, 1.165) is 24.1 Å². The zero-order chi connectivity index (χ0) is 21.1. The summed E-state index contributed by atoms with van der Waals surface area (Å²) in [5.41, 5.74) is 2.85. The fraction of sp³-hybridized carbons (Fsp3) is 0.261. The van der Waals surface area contributed by atoms with Crippen LogP contribution in [-0.4, -0.2) is 27.6 Å². The van der Waals surface area contributed by atoms with Crippen LogP contribution in [0.15, 0.2) is 64.8 Å². The lowest BCUT2D eigenvalue weighted by molar-refractivity contribution is 0.204. The maximum Gasteiger partial charge on any atom is 0.322 e. The van der Waals surface area contributed by atoms with Gasteiger partial charge in [-0.15, -0.1) is 0 Å². The van der Waals surface area contributed by atoms with Crippen LogP contribution in [0.1, 0.15) is 44.2 Å². The SMILES string of the molecule is CCCCN1C(=O)NC(c2cccc(F)c2)C(c2nc(-c3ccccc3)no2)=C1C. The molecular weight excluding hydrogens is 383 g/mol. The molecule has 1 aliphatic heterocycles. The zero-order valence-corrected chi connectivity index (χ0v) is 16.9. The highest BCUT2D eigenvalue weighted by atomic mass is 19.1. The molecule has 6 nitrogen and oxygen atoms in total. The first-order chi connectivity index (χ1) is 14.6. The summed E-state index contributed by atoms with van der Waals surface area (Å²) in [6.07, 6.45) is 1.82. The van der Waals surface area contributed by atoms with E-state index in [1.807, 2.05) is 37.3 Å². The van der Waals surface area contributed by atoms with E-state index in [-0.39, 0.29) is 11.8 Å². The first kappa shape index (κ1) is 19.8. The molecule has 0 saturated carbocycles. The van der Waals surface area contributed by atoms with Crippen molar-refractivity contribution in [3.05, 3.63) is 77.6 Å². The second kappa shape index (κ2) is 8.49. The highest BCUT2D eigenvalue weighted by Crippen LogP contribution is 2.37. The number of unbranched alkanes of at least 4 members (excludes halogenated alkanes) is 1. The molecule has 0 bridgehead atoms. The third-order valence-corrected chi connectivity index (χ3v) is 5.20. The third kappa shape index (κ3) is 3.83. The number of carbonyl (C=O) groups is 1. The van der Waals surface area contributed by atoms with E-state index in [1.54, 1.807) is 17.0 Å². The first-order valence-corrected chi connectivity index (χ1v) is 10.0. The van der Waals surface area contributed by atoms with Crippen molar-refractivity contribution in [3.8, 4) is 11.4 Å².